The van der Waals surface area contributed by atoms with Crippen LogP contribution in [0, 0.1) is 9.39 Å². The first kappa shape index (κ1) is 13.9. The number of benzene rings is 2. The quantitative estimate of drug-likeness (QED) is 0.690. The molecule has 0 saturated heterocycles. The summed E-state index contributed by atoms with van der Waals surface area (Å²) < 4.78 is 14.2. The van der Waals surface area contributed by atoms with Crippen molar-refractivity contribution in [1.29, 1.82) is 0 Å². The average molecular weight is 396 g/mol. The van der Waals surface area contributed by atoms with E-state index in [2.05, 4.69) is 27.9 Å². The Morgan fingerprint density at radius 2 is 1.83 bits per heavy atom. The molecule has 0 fully saturated rings. The molecule has 1 nitrogen and oxygen atoms in total. The minimum absolute atomic E-state index is 0.329. The Hall–Kier alpha value is -0.520. The third kappa shape index (κ3) is 3.73. The molecule has 0 bridgehead atoms. The molecule has 0 atom stereocenters. The van der Waals surface area contributed by atoms with Crippen LogP contribution in [0.2, 0.25) is 10.0 Å². The van der Waals surface area contributed by atoms with Crippen LogP contribution < -0.4 is 5.32 Å². The monoisotopic (exact) mass is 395 g/mol. The standard InChI is InChI=1S/C13H9Cl2FIN/c14-9-1-2-13(12(17)6-9)18-7-8-3-10(15)5-11(16)4-8/h1-6,18H,7H2. The molecule has 1 N–H and O–H groups in total. The molecule has 0 aromatic heterocycles. The summed E-state index contributed by atoms with van der Waals surface area (Å²) >= 11 is 13.9. The first-order valence-electron chi connectivity index (χ1n) is 5.18. The second-order valence-electron chi connectivity index (χ2n) is 3.76. The number of halogens is 4. The topological polar surface area (TPSA) is 12.0 Å². The van der Waals surface area contributed by atoms with Crippen LogP contribution in [-0.2, 0) is 6.54 Å². The van der Waals surface area contributed by atoms with Crippen molar-refractivity contribution in [3.8, 4) is 0 Å². The Kier molecular flexibility index (Phi) is 4.70. The molecule has 0 radical (unpaired) electrons. The van der Waals surface area contributed by atoms with Gasteiger partial charge in [-0.15, -0.1) is 0 Å². The Balaban J connectivity index is 2.11. The van der Waals surface area contributed by atoms with Gasteiger partial charge in [0, 0.05) is 25.8 Å². The number of anilines is 1. The largest absolute Gasteiger partial charge is 0.380 e. The number of hydrogen-bond acceptors (Lipinski definition) is 1. The lowest BCUT2D eigenvalue weighted by Crippen LogP contribution is -2.01. The highest BCUT2D eigenvalue weighted by Crippen LogP contribution is 2.23. The second-order valence-corrected chi connectivity index (χ2v) is 5.79. The van der Waals surface area contributed by atoms with E-state index in [4.69, 9.17) is 23.2 Å². The molecule has 0 heterocycles. The Bertz CT molecular complexity index is 555. The summed E-state index contributed by atoms with van der Waals surface area (Å²) in [5.41, 5.74) is 1.76. The van der Waals surface area contributed by atoms with E-state index in [0.29, 0.717) is 16.6 Å². The maximum Gasteiger partial charge on any atom is 0.125 e. The molecule has 5 heteroatoms. The van der Waals surface area contributed by atoms with Gasteiger partial charge in [0.25, 0.3) is 0 Å². The van der Waals surface area contributed by atoms with E-state index >= 15 is 0 Å². The van der Waals surface area contributed by atoms with Crippen LogP contribution in [0.4, 0.5) is 10.1 Å². The molecule has 0 unspecified atom stereocenters. The van der Waals surface area contributed by atoms with Crippen LogP contribution in [0.3, 0.4) is 0 Å². The highest BCUT2D eigenvalue weighted by atomic mass is 127. The Labute approximate surface area is 128 Å². The van der Waals surface area contributed by atoms with Crippen molar-refractivity contribution in [2.45, 2.75) is 6.54 Å². The Morgan fingerprint density at radius 1 is 1.06 bits per heavy atom. The predicted molar refractivity (Wildman–Crippen MR) is 82.9 cm³/mol. The molecular formula is C13H9Cl2FIN. The smallest absolute Gasteiger partial charge is 0.125 e. The van der Waals surface area contributed by atoms with Gasteiger partial charge in [-0.25, -0.2) is 4.39 Å². The minimum atomic E-state index is -0.329. The van der Waals surface area contributed by atoms with Crippen molar-refractivity contribution < 1.29 is 4.39 Å². The van der Waals surface area contributed by atoms with Crippen LogP contribution in [0.1, 0.15) is 5.56 Å². The van der Waals surface area contributed by atoms with Gasteiger partial charge in [-0.1, -0.05) is 23.2 Å². The van der Waals surface area contributed by atoms with Crippen LogP contribution in [-0.4, -0.2) is 0 Å². The predicted octanol–water partition coefficient (Wildman–Crippen LogP) is 5.35. The SMILES string of the molecule is Fc1cc(Cl)cc(CNc2ccc(Cl)cc2I)c1. The molecular weight excluding hydrogens is 387 g/mol. The fourth-order valence-electron chi connectivity index (χ4n) is 1.54. The zero-order valence-corrected chi connectivity index (χ0v) is 12.9. The molecule has 2 aromatic carbocycles. The molecule has 94 valence electrons. The summed E-state index contributed by atoms with van der Waals surface area (Å²) in [6, 6.07) is 10.1. The van der Waals surface area contributed by atoms with Crippen molar-refractivity contribution in [3.05, 3.63) is 61.4 Å². The van der Waals surface area contributed by atoms with Gasteiger partial charge < -0.3 is 5.32 Å². The van der Waals surface area contributed by atoms with E-state index < -0.39 is 0 Å². The van der Waals surface area contributed by atoms with Crippen LogP contribution >= 0.6 is 45.8 Å². The fraction of sp³-hybridized carbons (Fsp3) is 0.0769. The zero-order chi connectivity index (χ0) is 13.1. The third-order valence-electron chi connectivity index (χ3n) is 2.34. The van der Waals surface area contributed by atoms with Gasteiger partial charge in [-0.2, -0.15) is 0 Å². The second kappa shape index (κ2) is 6.08. The van der Waals surface area contributed by atoms with E-state index in [-0.39, 0.29) is 5.82 Å². The van der Waals surface area contributed by atoms with E-state index in [1.807, 2.05) is 18.2 Å². The molecule has 0 saturated carbocycles. The molecule has 18 heavy (non-hydrogen) atoms. The van der Waals surface area contributed by atoms with E-state index in [1.54, 1.807) is 6.07 Å². The van der Waals surface area contributed by atoms with Crippen molar-refractivity contribution in [1.82, 2.24) is 0 Å². The van der Waals surface area contributed by atoms with E-state index in [1.165, 1.54) is 12.1 Å². The normalized spacial score (nSPS) is 10.4. The van der Waals surface area contributed by atoms with Gasteiger partial charge in [0.2, 0.25) is 0 Å². The van der Waals surface area contributed by atoms with Crippen molar-refractivity contribution in [2.75, 3.05) is 5.32 Å². The first-order valence-corrected chi connectivity index (χ1v) is 7.02. The van der Waals surface area contributed by atoms with Gasteiger partial charge in [-0.3, -0.25) is 0 Å². The molecule has 0 aliphatic heterocycles. The first-order chi connectivity index (χ1) is 8.54. The third-order valence-corrected chi connectivity index (χ3v) is 3.68. The van der Waals surface area contributed by atoms with Crippen LogP contribution in [0.5, 0.6) is 0 Å². The van der Waals surface area contributed by atoms with Crippen molar-refractivity contribution in [3.63, 3.8) is 0 Å². The molecule has 0 aliphatic carbocycles. The molecule has 2 aromatic rings. The van der Waals surface area contributed by atoms with Gasteiger partial charge in [0.15, 0.2) is 0 Å². The lowest BCUT2D eigenvalue weighted by molar-refractivity contribution is 0.626. The van der Waals surface area contributed by atoms with Crippen molar-refractivity contribution >= 4 is 51.5 Å². The number of hydrogen-bond donors (Lipinski definition) is 1. The summed E-state index contributed by atoms with van der Waals surface area (Å²) in [4.78, 5) is 0. The molecule has 0 spiro atoms. The van der Waals surface area contributed by atoms with Crippen LogP contribution in [0.25, 0.3) is 0 Å². The minimum Gasteiger partial charge on any atom is -0.380 e. The zero-order valence-electron chi connectivity index (χ0n) is 9.18. The van der Waals surface area contributed by atoms with Crippen LogP contribution in [0.15, 0.2) is 36.4 Å². The van der Waals surface area contributed by atoms with Gasteiger partial charge in [0.05, 0.1) is 0 Å². The van der Waals surface area contributed by atoms with Gasteiger partial charge >= 0.3 is 0 Å². The lowest BCUT2D eigenvalue weighted by atomic mass is 10.2. The number of nitrogens with one attached hydrogen (secondary N) is 1. The highest BCUT2D eigenvalue weighted by Gasteiger charge is 2.02. The molecule has 0 aliphatic rings. The summed E-state index contributed by atoms with van der Waals surface area (Å²) in [5.74, 6) is -0.329. The highest BCUT2D eigenvalue weighted by molar-refractivity contribution is 14.1. The Morgan fingerprint density at radius 3 is 2.50 bits per heavy atom. The van der Waals surface area contributed by atoms with E-state index in [9.17, 15) is 4.39 Å². The molecule has 2 rings (SSSR count). The summed E-state index contributed by atoms with van der Waals surface area (Å²) in [6.07, 6.45) is 0. The van der Waals surface area contributed by atoms with Crippen molar-refractivity contribution in [2.24, 2.45) is 0 Å². The van der Waals surface area contributed by atoms with Gasteiger partial charge in [-0.05, 0) is 64.6 Å². The lowest BCUT2D eigenvalue weighted by Gasteiger charge is -2.09. The maximum absolute atomic E-state index is 13.2. The van der Waals surface area contributed by atoms with Gasteiger partial charge in [0.1, 0.15) is 5.82 Å². The fourth-order valence-corrected chi connectivity index (χ4v) is 2.85. The summed E-state index contributed by atoms with van der Waals surface area (Å²) in [5, 5.41) is 4.31. The summed E-state index contributed by atoms with van der Waals surface area (Å²) in [6.45, 7) is 0.509. The summed E-state index contributed by atoms with van der Waals surface area (Å²) in [7, 11) is 0. The average Bonchev–Trinajstić information content (AvgIpc) is 2.26. The van der Waals surface area contributed by atoms with E-state index in [0.717, 1.165) is 14.8 Å². The molecule has 0 amide bonds. The number of rotatable bonds is 3. The maximum atomic E-state index is 13.2.